The van der Waals surface area contributed by atoms with E-state index >= 15 is 0 Å². The van der Waals surface area contributed by atoms with Crippen LogP contribution in [0.15, 0.2) is 59.6 Å². The number of anilines is 1. The van der Waals surface area contributed by atoms with Gasteiger partial charge in [-0.25, -0.2) is 0 Å². The van der Waals surface area contributed by atoms with Crippen molar-refractivity contribution in [2.24, 2.45) is 10.9 Å². The van der Waals surface area contributed by atoms with Crippen molar-refractivity contribution >= 4 is 29.2 Å². The molecule has 0 radical (unpaired) electrons. The fourth-order valence-electron chi connectivity index (χ4n) is 5.85. The van der Waals surface area contributed by atoms with Crippen molar-refractivity contribution in [3.05, 3.63) is 65.9 Å². The maximum Gasteiger partial charge on any atom is 0.274 e. The molecule has 2 aromatic carbocycles. The third-order valence-corrected chi connectivity index (χ3v) is 7.91. The minimum absolute atomic E-state index is 0.00122. The van der Waals surface area contributed by atoms with Crippen LogP contribution in [0.1, 0.15) is 62.0 Å². The highest BCUT2D eigenvalue weighted by atomic mass is 16.5. The third-order valence-electron chi connectivity index (χ3n) is 7.91. The van der Waals surface area contributed by atoms with Crippen LogP contribution in [0.5, 0.6) is 0 Å². The van der Waals surface area contributed by atoms with Gasteiger partial charge in [-0.05, 0) is 87.6 Å². The number of nitrogens with zero attached hydrogens (tertiary/aromatic N) is 3. The molecule has 0 spiro atoms. The summed E-state index contributed by atoms with van der Waals surface area (Å²) in [7, 11) is 1.85. The number of amides is 1. The molecule has 2 aliphatic rings. The maximum atomic E-state index is 13.8. The Hall–Kier alpha value is -2.92. The van der Waals surface area contributed by atoms with Crippen LogP contribution >= 0.6 is 0 Å². The molecular weight excluding hydrogens is 422 g/mol. The number of rotatable bonds is 6. The van der Waals surface area contributed by atoms with Crippen LogP contribution in [0.4, 0.5) is 5.69 Å². The highest BCUT2D eigenvalue weighted by molar-refractivity contribution is 6.08. The summed E-state index contributed by atoms with van der Waals surface area (Å²) in [6.45, 7) is 11.8. The van der Waals surface area contributed by atoms with Crippen molar-refractivity contribution < 1.29 is 9.53 Å². The zero-order valence-corrected chi connectivity index (χ0v) is 20.8. The summed E-state index contributed by atoms with van der Waals surface area (Å²) in [6.07, 6.45) is 3.03. The normalized spacial score (nSPS) is 25.8. The van der Waals surface area contributed by atoms with Crippen LogP contribution in [-0.2, 0) is 10.3 Å². The second-order valence-electron chi connectivity index (χ2n) is 10.8. The minimum atomic E-state index is -0.186. The van der Waals surface area contributed by atoms with Gasteiger partial charge in [-0.2, -0.15) is 0 Å². The Bertz CT molecular complexity index is 1230. The van der Waals surface area contributed by atoms with E-state index < -0.39 is 0 Å². The molecule has 1 amide bonds. The lowest BCUT2D eigenvalue weighted by Gasteiger charge is -2.35. The van der Waals surface area contributed by atoms with Gasteiger partial charge in [0.05, 0.1) is 17.7 Å². The summed E-state index contributed by atoms with van der Waals surface area (Å²) < 4.78 is 8.21. The van der Waals surface area contributed by atoms with Gasteiger partial charge in [-0.15, -0.1) is 0 Å². The average Bonchev–Trinajstić information content (AvgIpc) is 3.30. The number of carbonyl (C=O) groups excluding carboxylic acids is 1. The number of aromatic nitrogens is 1. The molecule has 1 saturated heterocycles. The summed E-state index contributed by atoms with van der Waals surface area (Å²) in [5.74, 6) is 0.906. The summed E-state index contributed by atoms with van der Waals surface area (Å²) in [4.78, 5) is 19.9. The van der Waals surface area contributed by atoms with Gasteiger partial charge in [0.25, 0.3) is 5.91 Å². The van der Waals surface area contributed by atoms with Crippen molar-refractivity contribution in [1.29, 1.82) is 0 Å². The predicted molar refractivity (Wildman–Crippen MR) is 139 cm³/mol. The lowest BCUT2D eigenvalue weighted by molar-refractivity contribution is -0.0592. The molecule has 0 bridgehead atoms. The fourth-order valence-corrected chi connectivity index (χ4v) is 5.85. The molecule has 0 N–H and O–H groups in total. The van der Waals surface area contributed by atoms with Gasteiger partial charge in [0.1, 0.15) is 5.69 Å². The van der Waals surface area contributed by atoms with E-state index in [1.54, 1.807) is 4.90 Å². The maximum absolute atomic E-state index is 13.8. The molecule has 1 saturated carbocycles. The number of benzene rings is 2. The van der Waals surface area contributed by atoms with E-state index in [1.165, 1.54) is 5.56 Å². The van der Waals surface area contributed by atoms with Crippen molar-refractivity contribution in [2.45, 2.75) is 57.1 Å². The van der Waals surface area contributed by atoms with E-state index in [2.05, 4.69) is 61.3 Å². The van der Waals surface area contributed by atoms with E-state index in [0.29, 0.717) is 18.4 Å². The molecular formula is C29H35N3O2. The van der Waals surface area contributed by atoms with Crippen LogP contribution < -0.4 is 4.90 Å². The number of fused-ring (bicyclic) bond motifs is 1. The largest absolute Gasteiger partial charge is 0.376 e. The van der Waals surface area contributed by atoms with E-state index in [1.807, 2.05) is 37.4 Å². The summed E-state index contributed by atoms with van der Waals surface area (Å²) in [5.41, 5.74) is 3.75. The summed E-state index contributed by atoms with van der Waals surface area (Å²) in [6, 6.07) is 18.7. The number of hydrogen-bond donors (Lipinski definition) is 0. The average molecular weight is 458 g/mol. The lowest BCUT2D eigenvalue weighted by Crippen LogP contribution is -2.33. The van der Waals surface area contributed by atoms with Crippen molar-refractivity contribution in [3.63, 3.8) is 0 Å². The summed E-state index contributed by atoms with van der Waals surface area (Å²) >= 11 is 0. The lowest BCUT2D eigenvalue weighted by atomic mass is 9.83. The Balaban J connectivity index is 1.61. The Labute approximate surface area is 202 Å². The Morgan fingerprint density at radius 2 is 1.91 bits per heavy atom. The SMILES string of the molecule is C=NC[C@]1(n2c(C(=O)N(C)c3ccccc3)cc3cc([C@H]4CCOC(C)(C)C4)ccc32)C[C@@H]1C. The molecule has 34 heavy (non-hydrogen) atoms. The molecule has 3 aromatic rings. The highest BCUT2D eigenvalue weighted by Gasteiger charge is 2.54. The number of para-hydroxylation sites is 1. The molecule has 5 nitrogen and oxygen atoms in total. The van der Waals surface area contributed by atoms with Gasteiger partial charge in [0.15, 0.2) is 0 Å². The van der Waals surface area contributed by atoms with Gasteiger partial charge in [0, 0.05) is 30.2 Å². The van der Waals surface area contributed by atoms with E-state index in [4.69, 9.17) is 4.74 Å². The molecule has 2 fully saturated rings. The van der Waals surface area contributed by atoms with Crippen LogP contribution in [0.25, 0.3) is 10.9 Å². The standard InChI is InChI=1S/C29H35N3O2/c1-20-17-29(20,19-30-4)32-25-12-11-21(22-13-14-34-28(2,3)18-22)15-23(25)16-26(32)27(33)31(5)24-9-7-6-8-10-24/h6-12,15-16,20,22H,4,13-14,17-19H2,1-3,5H3/t20-,22-,29+/m0/s1. The minimum Gasteiger partial charge on any atom is -0.376 e. The van der Waals surface area contributed by atoms with Gasteiger partial charge < -0.3 is 14.2 Å². The molecule has 0 unspecified atom stereocenters. The molecule has 178 valence electrons. The van der Waals surface area contributed by atoms with E-state index in [0.717, 1.165) is 48.2 Å². The third kappa shape index (κ3) is 3.86. The van der Waals surface area contributed by atoms with Crippen molar-refractivity contribution in [3.8, 4) is 0 Å². The van der Waals surface area contributed by atoms with Gasteiger partial charge >= 0.3 is 0 Å². The van der Waals surface area contributed by atoms with Gasteiger partial charge in [0.2, 0.25) is 0 Å². The van der Waals surface area contributed by atoms with E-state index in [-0.39, 0.29) is 17.0 Å². The molecule has 2 heterocycles. The number of carbonyl (C=O) groups is 1. The zero-order valence-electron chi connectivity index (χ0n) is 20.8. The van der Waals surface area contributed by atoms with Crippen LogP contribution in [0, 0.1) is 5.92 Å². The topological polar surface area (TPSA) is 46.8 Å². The first-order chi connectivity index (χ1) is 16.3. The monoisotopic (exact) mass is 457 g/mol. The second kappa shape index (κ2) is 8.38. The highest BCUT2D eigenvalue weighted by Crippen LogP contribution is 2.53. The Morgan fingerprint density at radius 3 is 2.56 bits per heavy atom. The first kappa shape index (κ1) is 22.9. The molecule has 5 heteroatoms. The number of ether oxygens (including phenoxy) is 1. The first-order valence-corrected chi connectivity index (χ1v) is 12.3. The molecule has 5 rings (SSSR count). The Morgan fingerprint density at radius 1 is 1.18 bits per heavy atom. The van der Waals surface area contributed by atoms with Gasteiger partial charge in [-0.3, -0.25) is 9.79 Å². The number of aliphatic imine (C=N–C) groups is 1. The Kier molecular flexibility index (Phi) is 5.64. The molecule has 1 aliphatic heterocycles. The molecule has 1 aliphatic carbocycles. The van der Waals surface area contributed by atoms with Crippen LogP contribution in [0.2, 0.25) is 0 Å². The van der Waals surface area contributed by atoms with Crippen molar-refractivity contribution in [2.75, 3.05) is 25.1 Å². The van der Waals surface area contributed by atoms with E-state index in [9.17, 15) is 4.79 Å². The quantitative estimate of drug-likeness (QED) is 0.425. The zero-order chi connectivity index (χ0) is 24.1. The van der Waals surface area contributed by atoms with Crippen LogP contribution in [0.3, 0.4) is 0 Å². The smallest absolute Gasteiger partial charge is 0.274 e. The number of hydrogen-bond acceptors (Lipinski definition) is 3. The van der Waals surface area contributed by atoms with Gasteiger partial charge in [-0.1, -0.05) is 31.2 Å². The summed E-state index contributed by atoms with van der Waals surface area (Å²) in [5, 5.41) is 1.12. The molecule has 1 aromatic heterocycles. The fraction of sp³-hybridized carbons (Fsp3) is 0.448. The molecule has 3 atom stereocenters. The van der Waals surface area contributed by atoms with Crippen molar-refractivity contribution in [1.82, 2.24) is 4.57 Å². The predicted octanol–water partition coefficient (Wildman–Crippen LogP) is 6.03. The second-order valence-corrected chi connectivity index (χ2v) is 10.8. The van der Waals surface area contributed by atoms with Crippen LogP contribution in [-0.4, -0.2) is 43.0 Å². The first-order valence-electron chi connectivity index (χ1n) is 12.3.